The summed E-state index contributed by atoms with van der Waals surface area (Å²) >= 11 is 1.65. The van der Waals surface area contributed by atoms with Gasteiger partial charge in [0, 0.05) is 36.8 Å². The minimum atomic E-state index is -0.832. The predicted octanol–water partition coefficient (Wildman–Crippen LogP) is 4.34. The highest BCUT2D eigenvalue weighted by Gasteiger charge is 2.35. The molecule has 4 rings (SSSR count). The van der Waals surface area contributed by atoms with Gasteiger partial charge in [0.05, 0.1) is 12.3 Å². The lowest BCUT2D eigenvalue weighted by Gasteiger charge is -2.24. The number of nitrogens with zero attached hydrogens (tertiary/aromatic N) is 3. The summed E-state index contributed by atoms with van der Waals surface area (Å²) in [6.45, 7) is 5.41. The summed E-state index contributed by atoms with van der Waals surface area (Å²) in [5.41, 5.74) is 1.44. The number of hydrogen-bond donors (Lipinski definition) is 1. The molecule has 3 heterocycles. The molecule has 5 nitrogen and oxygen atoms in total. The zero-order valence-electron chi connectivity index (χ0n) is 17.5. The van der Waals surface area contributed by atoms with Crippen LogP contribution in [0.4, 0.5) is 0 Å². The van der Waals surface area contributed by atoms with E-state index in [1.807, 2.05) is 49.6 Å². The highest BCUT2D eigenvalue weighted by atomic mass is 32.1. The minimum absolute atomic E-state index is 0.616. The van der Waals surface area contributed by atoms with Crippen molar-refractivity contribution < 1.29 is 9.84 Å². The van der Waals surface area contributed by atoms with E-state index in [9.17, 15) is 5.11 Å². The first-order valence-electron chi connectivity index (χ1n) is 10.6. The van der Waals surface area contributed by atoms with Gasteiger partial charge in [-0.25, -0.2) is 4.98 Å². The van der Waals surface area contributed by atoms with Crippen LogP contribution in [0.1, 0.15) is 40.4 Å². The van der Waals surface area contributed by atoms with Crippen molar-refractivity contribution in [3.63, 3.8) is 0 Å². The quantitative estimate of drug-likeness (QED) is 0.613. The molecule has 158 valence electrons. The zero-order chi connectivity index (χ0) is 20.8. The van der Waals surface area contributed by atoms with Crippen molar-refractivity contribution in [1.82, 2.24) is 14.9 Å². The van der Waals surface area contributed by atoms with Crippen LogP contribution in [0.25, 0.3) is 0 Å². The third-order valence-corrected chi connectivity index (χ3v) is 7.10. The Bertz CT molecular complexity index is 932. The van der Waals surface area contributed by atoms with E-state index in [1.165, 1.54) is 10.4 Å². The zero-order valence-corrected chi connectivity index (χ0v) is 18.3. The van der Waals surface area contributed by atoms with Crippen molar-refractivity contribution in [3.8, 4) is 5.75 Å². The molecule has 0 saturated carbocycles. The maximum atomic E-state index is 11.4. The maximum absolute atomic E-state index is 11.4. The van der Waals surface area contributed by atoms with Crippen LogP contribution in [0.3, 0.4) is 0 Å². The summed E-state index contributed by atoms with van der Waals surface area (Å²) in [4.78, 5) is 12.5. The Labute approximate surface area is 182 Å². The molecule has 3 aromatic rings. The first-order valence-corrected chi connectivity index (χ1v) is 11.4. The van der Waals surface area contributed by atoms with Gasteiger partial charge in [0.1, 0.15) is 16.4 Å². The fourth-order valence-electron chi connectivity index (χ4n) is 3.93. The molecular weight excluding hydrogens is 394 g/mol. The highest BCUT2D eigenvalue weighted by molar-refractivity contribution is 7.11. The van der Waals surface area contributed by atoms with Crippen molar-refractivity contribution in [2.75, 3.05) is 19.7 Å². The molecule has 2 aromatic heterocycles. The van der Waals surface area contributed by atoms with Gasteiger partial charge in [-0.05, 0) is 62.6 Å². The molecule has 1 fully saturated rings. The second kappa shape index (κ2) is 9.69. The normalized spacial score (nSPS) is 20.1. The molecule has 1 saturated heterocycles. The Morgan fingerprint density at radius 3 is 2.70 bits per heavy atom. The number of rotatable bonds is 7. The van der Waals surface area contributed by atoms with E-state index >= 15 is 0 Å². The van der Waals surface area contributed by atoms with Crippen molar-refractivity contribution in [3.05, 3.63) is 76.0 Å². The lowest BCUT2D eigenvalue weighted by Crippen LogP contribution is -2.29. The summed E-state index contributed by atoms with van der Waals surface area (Å²) in [5, 5.41) is 12.3. The van der Waals surface area contributed by atoms with Crippen LogP contribution in [0.5, 0.6) is 5.75 Å². The molecular formula is C24H29N3O2S. The summed E-state index contributed by atoms with van der Waals surface area (Å²) in [7, 11) is 0. The summed E-state index contributed by atoms with van der Waals surface area (Å²) < 4.78 is 5.84. The summed E-state index contributed by atoms with van der Waals surface area (Å²) in [6, 6.07) is 14.0. The maximum Gasteiger partial charge on any atom is 0.125 e. The van der Waals surface area contributed by atoms with Gasteiger partial charge in [0.15, 0.2) is 0 Å². The SMILES string of the molecule is Cc1nc([C@]2(O)CCCN(Cc3ccncc3)CC2)sc1CCOc1ccccc1. The Kier molecular flexibility index (Phi) is 6.77. The number of thiazole rings is 1. The standard InChI is InChI=1S/C24H29N3O2S/c1-19-22(10-17-29-21-6-3-2-4-7-21)30-23(26-19)24(28)11-5-15-27(16-12-24)18-20-8-13-25-14-9-20/h2-4,6-9,13-14,28H,5,10-12,15-18H2,1H3/t24-/m0/s1. The molecule has 1 aliphatic rings. The number of benzene rings is 1. The van der Waals surface area contributed by atoms with Crippen LogP contribution >= 0.6 is 11.3 Å². The number of hydrogen-bond acceptors (Lipinski definition) is 6. The smallest absolute Gasteiger partial charge is 0.125 e. The van der Waals surface area contributed by atoms with Gasteiger partial charge in [-0.3, -0.25) is 9.88 Å². The predicted molar refractivity (Wildman–Crippen MR) is 120 cm³/mol. The van der Waals surface area contributed by atoms with E-state index in [0.29, 0.717) is 13.0 Å². The molecule has 0 radical (unpaired) electrons. The summed E-state index contributed by atoms with van der Waals surface area (Å²) in [5.74, 6) is 0.886. The highest BCUT2D eigenvalue weighted by Crippen LogP contribution is 2.37. The number of aromatic nitrogens is 2. The molecule has 0 unspecified atom stereocenters. The lowest BCUT2D eigenvalue weighted by molar-refractivity contribution is 0.0207. The molecule has 1 aromatic carbocycles. The van der Waals surface area contributed by atoms with Crippen molar-refractivity contribution in [1.29, 1.82) is 0 Å². The molecule has 0 aliphatic carbocycles. The van der Waals surface area contributed by atoms with E-state index in [1.54, 1.807) is 11.3 Å². The van der Waals surface area contributed by atoms with Gasteiger partial charge in [-0.2, -0.15) is 0 Å². The fourth-order valence-corrected chi connectivity index (χ4v) is 5.12. The first-order chi connectivity index (χ1) is 14.6. The van der Waals surface area contributed by atoms with E-state index in [0.717, 1.165) is 55.3 Å². The number of likely N-dealkylation sites (tertiary alicyclic amines) is 1. The average molecular weight is 424 g/mol. The van der Waals surface area contributed by atoms with Crippen molar-refractivity contribution in [2.45, 2.75) is 44.8 Å². The molecule has 0 bridgehead atoms. The largest absolute Gasteiger partial charge is 0.493 e. The van der Waals surface area contributed by atoms with Gasteiger partial charge < -0.3 is 9.84 Å². The molecule has 1 atom stereocenters. The van der Waals surface area contributed by atoms with Crippen molar-refractivity contribution in [2.24, 2.45) is 0 Å². The van der Waals surface area contributed by atoms with Crippen LogP contribution in [0, 0.1) is 6.92 Å². The summed E-state index contributed by atoms with van der Waals surface area (Å²) in [6.07, 6.45) is 6.92. The second-order valence-corrected chi connectivity index (χ2v) is 9.04. The average Bonchev–Trinajstić information content (AvgIpc) is 3.04. The van der Waals surface area contributed by atoms with Crippen LogP contribution in [-0.2, 0) is 18.6 Å². The van der Waals surface area contributed by atoms with Gasteiger partial charge in [0.2, 0.25) is 0 Å². The van der Waals surface area contributed by atoms with E-state index in [-0.39, 0.29) is 0 Å². The van der Waals surface area contributed by atoms with Gasteiger partial charge in [-0.15, -0.1) is 11.3 Å². The third-order valence-electron chi connectivity index (χ3n) is 5.69. The Morgan fingerprint density at radius 1 is 1.10 bits per heavy atom. The molecule has 1 N–H and O–H groups in total. The Morgan fingerprint density at radius 2 is 1.90 bits per heavy atom. The van der Waals surface area contributed by atoms with Crippen LogP contribution in [0.15, 0.2) is 54.9 Å². The Hall–Kier alpha value is -2.28. The molecule has 30 heavy (non-hydrogen) atoms. The van der Waals surface area contributed by atoms with Gasteiger partial charge in [-0.1, -0.05) is 18.2 Å². The van der Waals surface area contributed by atoms with Crippen LogP contribution in [-0.4, -0.2) is 39.7 Å². The fraction of sp³-hybridized carbons (Fsp3) is 0.417. The van der Waals surface area contributed by atoms with E-state index in [4.69, 9.17) is 9.72 Å². The second-order valence-electron chi connectivity index (χ2n) is 7.96. The Balaban J connectivity index is 1.36. The monoisotopic (exact) mass is 423 g/mol. The number of aliphatic hydroxyl groups is 1. The molecule has 0 amide bonds. The van der Waals surface area contributed by atoms with Crippen LogP contribution < -0.4 is 4.74 Å². The molecule has 0 spiro atoms. The van der Waals surface area contributed by atoms with E-state index < -0.39 is 5.60 Å². The number of para-hydroxylation sites is 1. The number of pyridine rings is 1. The van der Waals surface area contributed by atoms with E-state index in [2.05, 4.69) is 22.0 Å². The molecule has 1 aliphatic heterocycles. The minimum Gasteiger partial charge on any atom is -0.493 e. The molecule has 6 heteroatoms. The van der Waals surface area contributed by atoms with Gasteiger partial charge >= 0.3 is 0 Å². The number of ether oxygens (including phenoxy) is 1. The van der Waals surface area contributed by atoms with Crippen molar-refractivity contribution >= 4 is 11.3 Å². The topological polar surface area (TPSA) is 58.5 Å². The number of aryl methyl sites for hydroxylation is 1. The van der Waals surface area contributed by atoms with Gasteiger partial charge in [0.25, 0.3) is 0 Å². The lowest BCUT2D eigenvalue weighted by atomic mass is 9.96. The first kappa shape index (κ1) is 21.0. The third kappa shape index (κ3) is 5.25. The van der Waals surface area contributed by atoms with Crippen LogP contribution in [0.2, 0.25) is 0 Å².